The fraction of sp³-hybridized carbons (Fsp3) is 0.560. The van der Waals surface area contributed by atoms with Gasteiger partial charge in [0.15, 0.2) is 0 Å². The Morgan fingerprint density at radius 3 is 2.58 bits per heavy atom. The molecular weight excluding hydrogens is 418 g/mol. The van der Waals surface area contributed by atoms with Crippen molar-refractivity contribution in [1.29, 1.82) is 0 Å². The zero-order valence-electron chi connectivity index (χ0n) is 20.0. The number of hydrogen-bond donors (Lipinski definition) is 1. The second-order valence-electron chi connectivity index (χ2n) is 9.52. The number of amides is 2. The lowest BCUT2D eigenvalue weighted by atomic mass is 9.80. The monoisotopic (exact) mass is 453 g/mol. The van der Waals surface area contributed by atoms with Gasteiger partial charge in [-0.1, -0.05) is 30.3 Å². The maximum atomic E-state index is 13.2. The molecule has 178 valence electrons. The SMILES string of the molecule is Cc1nn(Cc2ccccc2)c(C)c1NC(=O)CN1CCC[C@](C)(C(=O)N2CCOCC2)C1. The van der Waals surface area contributed by atoms with E-state index >= 15 is 0 Å². The van der Waals surface area contributed by atoms with E-state index in [1.807, 2.05) is 48.6 Å². The van der Waals surface area contributed by atoms with Crippen LogP contribution in [0.2, 0.25) is 0 Å². The highest BCUT2D eigenvalue weighted by molar-refractivity contribution is 5.93. The van der Waals surface area contributed by atoms with Crippen LogP contribution in [0, 0.1) is 19.3 Å². The molecule has 1 aromatic heterocycles. The van der Waals surface area contributed by atoms with Crippen molar-refractivity contribution in [3.8, 4) is 0 Å². The van der Waals surface area contributed by atoms with Gasteiger partial charge in [0.25, 0.3) is 0 Å². The Morgan fingerprint density at radius 1 is 1.12 bits per heavy atom. The van der Waals surface area contributed by atoms with E-state index in [0.717, 1.165) is 36.5 Å². The molecule has 2 amide bonds. The number of nitrogens with zero attached hydrogens (tertiary/aromatic N) is 4. The van der Waals surface area contributed by atoms with Crippen LogP contribution < -0.4 is 5.32 Å². The molecule has 33 heavy (non-hydrogen) atoms. The third kappa shape index (κ3) is 5.45. The standard InChI is InChI=1S/C25H35N5O3/c1-19-23(20(2)30(27-19)16-21-8-5-4-6-9-21)26-22(31)17-28-11-7-10-25(3,18-28)24(32)29-12-14-33-15-13-29/h4-6,8-9H,7,10-18H2,1-3H3,(H,26,31)/t25-/m0/s1. The summed E-state index contributed by atoms with van der Waals surface area (Å²) in [4.78, 5) is 30.1. The zero-order chi connectivity index (χ0) is 23.4. The average molecular weight is 454 g/mol. The highest BCUT2D eigenvalue weighted by Crippen LogP contribution is 2.32. The summed E-state index contributed by atoms with van der Waals surface area (Å²) in [5.74, 6) is 0.119. The number of benzene rings is 1. The lowest BCUT2D eigenvalue weighted by Crippen LogP contribution is -2.54. The first-order valence-corrected chi connectivity index (χ1v) is 11.8. The summed E-state index contributed by atoms with van der Waals surface area (Å²) in [7, 11) is 0. The molecule has 2 fully saturated rings. The second-order valence-corrected chi connectivity index (χ2v) is 9.52. The first-order chi connectivity index (χ1) is 15.9. The number of anilines is 1. The number of ether oxygens (including phenoxy) is 1. The Morgan fingerprint density at radius 2 is 1.85 bits per heavy atom. The molecule has 2 saturated heterocycles. The fourth-order valence-corrected chi connectivity index (χ4v) is 4.97. The van der Waals surface area contributed by atoms with Gasteiger partial charge in [-0.25, -0.2) is 0 Å². The largest absolute Gasteiger partial charge is 0.378 e. The topological polar surface area (TPSA) is 79.7 Å². The summed E-state index contributed by atoms with van der Waals surface area (Å²) in [6.07, 6.45) is 1.76. The minimum Gasteiger partial charge on any atom is -0.378 e. The third-order valence-electron chi connectivity index (χ3n) is 6.78. The smallest absolute Gasteiger partial charge is 0.238 e. The van der Waals surface area contributed by atoms with Gasteiger partial charge in [-0.2, -0.15) is 5.10 Å². The molecule has 8 heteroatoms. The van der Waals surface area contributed by atoms with Crippen LogP contribution in [-0.4, -0.2) is 77.3 Å². The van der Waals surface area contributed by atoms with Crippen molar-refractivity contribution < 1.29 is 14.3 Å². The van der Waals surface area contributed by atoms with Crippen molar-refractivity contribution >= 4 is 17.5 Å². The lowest BCUT2D eigenvalue weighted by molar-refractivity contribution is -0.149. The fourth-order valence-electron chi connectivity index (χ4n) is 4.97. The number of carbonyl (C=O) groups is 2. The number of nitrogens with one attached hydrogen (secondary N) is 1. The third-order valence-corrected chi connectivity index (χ3v) is 6.78. The lowest BCUT2D eigenvalue weighted by Gasteiger charge is -2.42. The number of piperidine rings is 1. The van der Waals surface area contributed by atoms with Gasteiger partial charge < -0.3 is 15.0 Å². The van der Waals surface area contributed by atoms with Crippen molar-refractivity contribution in [2.24, 2.45) is 5.41 Å². The van der Waals surface area contributed by atoms with Crippen LogP contribution in [0.1, 0.15) is 36.7 Å². The molecule has 8 nitrogen and oxygen atoms in total. The van der Waals surface area contributed by atoms with E-state index in [0.29, 0.717) is 39.4 Å². The van der Waals surface area contributed by atoms with Gasteiger partial charge in [-0.3, -0.25) is 19.2 Å². The van der Waals surface area contributed by atoms with Crippen molar-refractivity contribution in [3.05, 3.63) is 47.3 Å². The summed E-state index contributed by atoms with van der Waals surface area (Å²) in [6.45, 7) is 10.8. The number of aryl methyl sites for hydroxylation is 1. The van der Waals surface area contributed by atoms with Gasteiger partial charge in [0.05, 0.1) is 48.8 Å². The minimum absolute atomic E-state index is 0.0662. The van der Waals surface area contributed by atoms with Crippen LogP contribution in [0.3, 0.4) is 0 Å². The first-order valence-electron chi connectivity index (χ1n) is 11.8. The van der Waals surface area contributed by atoms with Gasteiger partial charge in [0.1, 0.15) is 0 Å². The van der Waals surface area contributed by atoms with Gasteiger partial charge in [0.2, 0.25) is 11.8 Å². The summed E-state index contributed by atoms with van der Waals surface area (Å²) >= 11 is 0. The highest BCUT2D eigenvalue weighted by atomic mass is 16.5. The first kappa shape index (κ1) is 23.4. The van der Waals surface area contributed by atoms with E-state index in [1.165, 1.54) is 5.56 Å². The van der Waals surface area contributed by atoms with Crippen LogP contribution in [0.4, 0.5) is 5.69 Å². The maximum absolute atomic E-state index is 13.2. The predicted molar refractivity (Wildman–Crippen MR) is 127 cm³/mol. The normalized spacial score (nSPS) is 21.7. The highest BCUT2D eigenvalue weighted by Gasteiger charge is 2.41. The molecule has 2 aliphatic heterocycles. The van der Waals surface area contributed by atoms with Crippen LogP contribution in [0.25, 0.3) is 0 Å². The van der Waals surface area contributed by atoms with Crippen LogP contribution >= 0.6 is 0 Å². The molecular formula is C25H35N5O3. The number of carbonyl (C=O) groups excluding carboxylic acids is 2. The molecule has 0 unspecified atom stereocenters. The molecule has 3 heterocycles. The molecule has 0 saturated carbocycles. The Balaban J connectivity index is 1.37. The minimum atomic E-state index is -0.456. The Labute approximate surface area is 195 Å². The summed E-state index contributed by atoms with van der Waals surface area (Å²) < 4.78 is 7.32. The number of aromatic nitrogens is 2. The average Bonchev–Trinajstić information content (AvgIpc) is 3.07. The van der Waals surface area contributed by atoms with E-state index < -0.39 is 5.41 Å². The van der Waals surface area contributed by atoms with Crippen molar-refractivity contribution in [2.75, 3.05) is 51.3 Å². The van der Waals surface area contributed by atoms with Crippen LogP contribution in [0.5, 0.6) is 0 Å². The quantitative estimate of drug-likeness (QED) is 0.727. The number of hydrogen-bond acceptors (Lipinski definition) is 5. The molecule has 2 aliphatic rings. The summed E-state index contributed by atoms with van der Waals surface area (Å²) in [5.41, 5.74) is 3.24. The second kappa shape index (κ2) is 10.1. The molecule has 1 atom stereocenters. The van der Waals surface area contributed by atoms with E-state index in [-0.39, 0.29) is 18.4 Å². The Kier molecular flexibility index (Phi) is 7.14. The molecule has 0 spiro atoms. The number of morpholine rings is 1. The Bertz CT molecular complexity index is 983. The van der Waals surface area contributed by atoms with E-state index in [4.69, 9.17) is 4.74 Å². The molecule has 0 aliphatic carbocycles. The number of likely N-dealkylation sites (tertiary alicyclic amines) is 1. The molecule has 0 radical (unpaired) electrons. The molecule has 0 bridgehead atoms. The summed E-state index contributed by atoms with van der Waals surface area (Å²) in [5, 5.41) is 7.71. The van der Waals surface area contributed by atoms with Crippen molar-refractivity contribution in [1.82, 2.24) is 19.6 Å². The van der Waals surface area contributed by atoms with Crippen LogP contribution in [-0.2, 0) is 20.9 Å². The van der Waals surface area contributed by atoms with Crippen molar-refractivity contribution in [2.45, 2.75) is 40.2 Å². The maximum Gasteiger partial charge on any atom is 0.238 e. The molecule has 1 aromatic carbocycles. The van der Waals surface area contributed by atoms with Crippen molar-refractivity contribution in [3.63, 3.8) is 0 Å². The molecule has 4 rings (SSSR count). The Hall–Kier alpha value is -2.71. The zero-order valence-corrected chi connectivity index (χ0v) is 20.0. The summed E-state index contributed by atoms with van der Waals surface area (Å²) in [6, 6.07) is 10.2. The van der Waals surface area contributed by atoms with Crippen LogP contribution in [0.15, 0.2) is 30.3 Å². The van der Waals surface area contributed by atoms with E-state index in [9.17, 15) is 9.59 Å². The van der Waals surface area contributed by atoms with Gasteiger partial charge in [-0.05, 0) is 45.7 Å². The van der Waals surface area contributed by atoms with Gasteiger partial charge in [0, 0.05) is 19.6 Å². The molecule has 2 aromatic rings. The van der Waals surface area contributed by atoms with Gasteiger partial charge >= 0.3 is 0 Å². The predicted octanol–water partition coefficient (Wildman–Crippen LogP) is 2.45. The molecule has 1 N–H and O–H groups in total. The van der Waals surface area contributed by atoms with E-state index in [2.05, 4.69) is 27.4 Å². The number of rotatable bonds is 6. The van der Waals surface area contributed by atoms with Gasteiger partial charge in [-0.15, -0.1) is 0 Å². The van der Waals surface area contributed by atoms with E-state index in [1.54, 1.807) is 0 Å².